The van der Waals surface area contributed by atoms with E-state index >= 15 is 0 Å². The van der Waals surface area contributed by atoms with Crippen LogP contribution in [0.1, 0.15) is 11.7 Å². The first-order valence-electron chi connectivity index (χ1n) is 6.68. The van der Waals surface area contributed by atoms with Crippen LogP contribution in [0.2, 0.25) is 0 Å². The van der Waals surface area contributed by atoms with Gasteiger partial charge in [0.05, 0.1) is 12.3 Å². The fourth-order valence-corrected chi connectivity index (χ4v) is 1.84. The molecule has 0 unspecified atom stereocenters. The number of benzene rings is 1. The van der Waals surface area contributed by atoms with E-state index in [1.165, 1.54) is 0 Å². The van der Waals surface area contributed by atoms with Crippen LogP contribution in [0, 0.1) is 0 Å². The number of hydrazine groups is 1. The fourth-order valence-electron chi connectivity index (χ4n) is 1.84. The van der Waals surface area contributed by atoms with Crippen molar-refractivity contribution >= 4 is 0 Å². The molecule has 0 saturated heterocycles. The van der Waals surface area contributed by atoms with Crippen LogP contribution in [-0.4, -0.2) is 44.2 Å². The minimum Gasteiger partial charge on any atom is -0.366 e. The number of hydrogen-bond acceptors (Lipinski definition) is 4. The van der Waals surface area contributed by atoms with Crippen LogP contribution in [0.15, 0.2) is 54.8 Å². The molecule has 1 aromatic rings. The van der Waals surface area contributed by atoms with Gasteiger partial charge in [0, 0.05) is 13.6 Å². The van der Waals surface area contributed by atoms with Gasteiger partial charge >= 0.3 is 0 Å². The molecule has 0 amide bonds. The van der Waals surface area contributed by atoms with E-state index < -0.39 is 0 Å². The normalized spacial score (nSPS) is 13.3. The summed E-state index contributed by atoms with van der Waals surface area (Å²) < 4.78 is 6.04. The second kappa shape index (κ2) is 8.53. The van der Waals surface area contributed by atoms with Crippen molar-refractivity contribution in [1.82, 2.24) is 9.91 Å². The Bertz CT molecular complexity index is 427. The van der Waals surface area contributed by atoms with Crippen LogP contribution >= 0.6 is 0 Å². The molecule has 0 aliphatic heterocycles. The van der Waals surface area contributed by atoms with Gasteiger partial charge in [0.25, 0.3) is 0 Å². The summed E-state index contributed by atoms with van der Waals surface area (Å²) in [7, 11) is 5.85. The highest BCUT2D eigenvalue weighted by Gasteiger charge is 2.19. The highest BCUT2D eigenvalue weighted by atomic mass is 16.5. The lowest BCUT2D eigenvalue weighted by molar-refractivity contribution is 0.0498. The molecule has 0 saturated carbocycles. The number of nitrogens with two attached hydrogens (primary N) is 1. The zero-order chi connectivity index (χ0) is 15.0. The van der Waals surface area contributed by atoms with E-state index in [0.717, 1.165) is 17.8 Å². The molecule has 1 aromatic carbocycles. The van der Waals surface area contributed by atoms with Crippen LogP contribution in [0.4, 0.5) is 0 Å². The van der Waals surface area contributed by atoms with E-state index in [-0.39, 0.29) is 6.10 Å². The van der Waals surface area contributed by atoms with E-state index in [2.05, 4.69) is 11.5 Å². The molecule has 4 nitrogen and oxygen atoms in total. The summed E-state index contributed by atoms with van der Waals surface area (Å²) in [5.41, 5.74) is 1.96. The number of nitrogens with zero attached hydrogens (tertiary/aromatic N) is 2. The number of hydrogen-bond donors (Lipinski definition) is 1. The average Bonchev–Trinajstić information content (AvgIpc) is 2.42. The van der Waals surface area contributed by atoms with Gasteiger partial charge in [0.15, 0.2) is 0 Å². The second-order valence-electron chi connectivity index (χ2n) is 4.90. The molecule has 0 heterocycles. The monoisotopic (exact) mass is 275 g/mol. The summed E-state index contributed by atoms with van der Waals surface area (Å²) >= 11 is 0. The van der Waals surface area contributed by atoms with Crippen LogP contribution < -0.4 is 5.84 Å². The number of likely N-dealkylation sites (N-methyl/N-ethyl adjacent to an activating group) is 2. The Kier molecular flexibility index (Phi) is 7.01. The minimum absolute atomic E-state index is 0.191. The van der Waals surface area contributed by atoms with Crippen molar-refractivity contribution in [2.24, 2.45) is 5.84 Å². The molecule has 1 rings (SSSR count). The van der Waals surface area contributed by atoms with Crippen molar-refractivity contribution in [2.45, 2.75) is 6.10 Å². The SMILES string of the molecule is C=C/C=C(/[C@H](OCCN(C)C)c1ccccc1)N(C)N. The molecule has 1 atom stereocenters. The zero-order valence-corrected chi connectivity index (χ0v) is 12.6. The maximum Gasteiger partial charge on any atom is 0.124 e. The number of allylic oxidation sites excluding steroid dienone is 2. The summed E-state index contributed by atoms with van der Waals surface area (Å²) in [6.07, 6.45) is 3.42. The Morgan fingerprint density at radius 3 is 2.45 bits per heavy atom. The van der Waals surface area contributed by atoms with Crippen molar-refractivity contribution in [1.29, 1.82) is 0 Å². The molecule has 0 radical (unpaired) electrons. The lowest BCUT2D eigenvalue weighted by Gasteiger charge is -2.27. The van der Waals surface area contributed by atoms with Gasteiger partial charge in [-0.3, -0.25) is 0 Å². The average molecular weight is 275 g/mol. The van der Waals surface area contributed by atoms with E-state index in [9.17, 15) is 0 Å². The van der Waals surface area contributed by atoms with Gasteiger partial charge in [-0.05, 0) is 25.7 Å². The van der Waals surface area contributed by atoms with Gasteiger partial charge in [-0.15, -0.1) is 0 Å². The molecule has 20 heavy (non-hydrogen) atoms. The Balaban J connectivity index is 2.94. The van der Waals surface area contributed by atoms with E-state index in [1.54, 1.807) is 18.1 Å². The molecule has 0 aliphatic rings. The molecule has 0 aromatic heterocycles. The van der Waals surface area contributed by atoms with Gasteiger partial charge in [-0.1, -0.05) is 43.0 Å². The van der Waals surface area contributed by atoms with Crippen LogP contribution in [0.5, 0.6) is 0 Å². The first-order valence-corrected chi connectivity index (χ1v) is 6.68. The van der Waals surface area contributed by atoms with Crippen molar-refractivity contribution in [3.63, 3.8) is 0 Å². The maximum atomic E-state index is 6.04. The maximum absolute atomic E-state index is 6.04. The van der Waals surface area contributed by atoms with E-state index in [1.807, 2.05) is 50.5 Å². The zero-order valence-electron chi connectivity index (χ0n) is 12.6. The largest absolute Gasteiger partial charge is 0.366 e. The molecule has 0 fully saturated rings. The Morgan fingerprint density at radius 2 is 1.95 bits per heavy atom. The first-order chi connectivity index (χ1) is 9.56. The molecular weight excluding hydrogens is 250 g/mol. The van der Waals surface area contributed by atoms with Gasteiger partial charge < -0.3 is 14.6 Å². The standard InChI is InChI=1S/C16H25N3O/c1-5-9-15(19(4)17)16(20-13-12-18(2)3)14-10-7-6-8-11-14/h5-11,16H,1,12-13,17H2,2-4H3/b15-9-/t16-/m1/s1. The number of ether oxygens (including phenoxy) is 1. The summed E-state index contributed by atoms with van der Waals surface area (Å²) in [4.78, 5) is 2.09. The highest BCUT2D eigenvalue weighted by molar-refractivity contribution is 5.27. The van der Waals surface area contributed by atoms with Crippen LogP contribution in [0.25, 0.3) is 0 Å². The lowest BCUT2D eigenvalue weighted by atomic mass is 10.1. The predicted molar refractivity (Wildman–Crippen MR) is 83.9 cm³/mol. The summed E-state index contributed by atoms with van der Waals surface area (Å²) in [6, 6.07) is 10.1. The van der Waals surface area contributed by atoms with E-state index in [4.69, 9.17) is 10.6 Å². The highest BCUT2D eigenvalue weighted by Crippen LogP contribution is 2.26. The van der Waals surface area contributed by atoms with Gasteiger partial charge in [-0.2, -0.15) is 0 Å². The van der Waals surface area contributed by atoms with Crippen LogP contribution in [0.3, 0.4) is 0 Å². The third kappa shape index (κ3) is 5.17. The van der Waals surface area contributed by atoms with Crippen molar-refractivity contribution in [3.05, 3.63) is 60.3 Å². The molecule has 0 spiro atoms. The van der Waals surface area contributed by atoms with Gasteiger partial charge in [0.1, 0.15) is 6.10 Å². The van der Waals surface area contributed by atoms with Gasteiger partial charge in [0.2, 0.25) is 0 Å². The fraction of sp³-hybridized carbons (Fsp3) is 0.375. The summed E-state index contributed by atoms with van der Waals surface area (Å²) in [5, 5.41) is 1.58. The Hall–Kier alpha value is -1.62. The molecule has 110 valence electrons. The van der Waals surface area contributed by atoms with Crippen molar-refractivity contribution in [3.8, 4) is 0 Å². The molecule has 0 bridgehead atoms. The topological polar surface area (TPSA) is 41.7 Å². The Morgan fingerprint density at radius 1 is 1.30 bits per heavy atom. The third-order valence-electron chi connectivity index (χ3n) is 2.89. The molecule has 2 N–H and O–H groups in total. The molecule has 0 aliphatic carbocycles. The van der Waals surface area contributed by atoms with Crippen LogP contribution in [-0.2, 0) is 4.74 Å². The predicted octanol–water partition coefficient (Wildman–Crippen LogP) is 2.18. The minimum atomic E-state index is -0.191. The quantitative estimate of drug-likeness (QED) is 0.448. The number of rotatable bonds is 8. The van der Waals surface area contributed by atoms with Gasteiger partial charge in [-0.25, -0.2) is 5.84 Å². The first kappa shape index (κ1) is 16.4. The lowest BCUT2D eigenvalue weighted by Crippen LogP contribution is -2.31. The van der Waals surface area contributed by atoms with Crippen molar-refractivity contribution in [2.75, 3.05) is 34.3 Å². The molecule has 4 heteroatoms. The van der Waals surface area contributed by atoms with Crippen molar-refractivity contribution < 1.29 is 4.74 Å². The second-order valence-corrected chi connectivity index (χ2v) is 4.90. The Labute approximate surface area is 122 Å². The smallest absolute Gasteiger partial charge is 0.124 e. The third-order valence-corrected chi connectivity index (χ3v) is 2.89. The summed E-state index contributed by atoms with van der Waals surface area (Å²) in [5.74, 6) is 5.92. The van der Waals surface area contributed by atoms with E-state index in [0.29, 0.717) is 6.61 Å². The summed E-state index contributed by atoms with van der Waals surface area (Å²) in [6.45, 7) is 5.24. The molecular formula is C16H25N3O.